The molecule has 1 unspecified atom stereocenters. The first-order chi connectivity index (χ1) is 5.84. The van der Waals surface area contributed by atoms with Gasteiger partial charge in [0, 0.05) is 11.5 Å². The second-order valence-electron chi connectivity index (χ2n) is 2.79. The average molecular weight is 181 g/mol. The highest BCUT2D eigenvalue weighted by molar-refractivity contribution is 7.53. The monoisotopic (exact) mass is 181 g/mol. The minimum absolute atomic E-state index is 0.829. The fraction of sp³-hybridized carbons (Fsp3) is 0.400. The van der Waals surface area contributed by atoms with E-state index in [4.69, 9.17) is 0 Å². The summed E-state index contributed by atoms with van der Waals surface area (Å²) in [5.74, 6) is 0. The molecule has 0 saturated heterocycles. The highest BCUT2D eigenvalue weighted by Crippen LogP contribution is 2.20. The summed E-state index contributed by atoms with van der Waals surface area (Å²) in [6.45, 7) is 2.12. The summed E-state index contributed by atoms with van der Waals surface area (Å²) in [6.07, 6.45) is 3.01. The van der Waals surface area contributed by atoms with Gasteiger partial charge in [-0.3, -0.25) is 4.57 Å². The van der Waals surface area contributed by atoms with Gasteiger partial charge in [-0.2, -0.15) is 0 Å². The van der Waals surface area contributed by atoms with Crippen LogP contribution in [0.1, 0.15) is 19.8 Å². The van der Waals surface area contributed by atoms with E-state index < -0.39 is 7.80 Å². The van der Waals surface area contributed by atoms with Crippen LogP contribution in [0.25, 0.3) is 0 Å². The molecule has 2 heteroatoms. The van der Waals surface area contributed by atoms with E-state index in [1.54, 1.807) is 0 Å². The third kappa shape index (κ3) is 2.75. The molecule has 0 saturated carbocycles. The maximum Gasteiger partial charge on any atom is 0.104 e. The highest BCUT2D eigenvalue weighted by atomic mass is 31.1. The van der Waals surface area contributed by atoms with Gasteiger partial charge in [0.15, 0.2) is 0 Å². The predicted molar refractivity (Wildman–Crippen MR) is 53.5 cm³/mol. The van der Waals surface area contributed by atoms with Gasteiger partial charge in [0.2, 0.25) is 0 Å². The van der Waals surface area contributed by atoms with Gasteiger partial charge in [-0.25, -0.2) is 0 Å². The molecule has 1 atom stereocenters. The van der Waals surface area contributed by atoms with Gasteiger partial charge in [0.1, 0.15) is 7.80 Å². The molecule has 1 nitrogen and oxygen atoms in total. The zero-order chi connectivity index (χ0) is 8.81. The molecule has 12 heavy (non-hydrogen) atoms. The van der Waals surface area contributed by atoms with Crippen molar-refractivity contribution in [3.63, 3.8) is 0 Å². The maximum atomic E-state index is 11.6. The van der Waals surface area contributed by atoms with Crippen molar-refractivity contribution in [1.82, 2.24) is 0 Å². The Kier molecular flexibility index (Phi) is 3.96. The normalized spacial score (nSPS) is 11.2. The summed E-state index contributed by atoms with van der Waals surface area (Å²) >= 11 is 0. The lowest BCUT2D eigenvalue weighted by atomic mass is 10.4. The van der Waals surface area contributed by atoms with Crippen molar-refractivity contribution >= 4 is 13.1 Å². The fourth-order valence-corrected chi connectivity index (χ4v) is 2.39. The number of rotatable bonds is 4. The summed E-state index contributed by atoms with van der Waals surface area (Å²) < 4.78 is 11.6. The van der Waals surface area contributed by atoms with Gasteiger partial charge < -0.3 is 0 Å². The smallest absolute Gasteiger partial charge is 0.104 e. The quantitative estimate of drug-likeness (QED) is 0.652. The topological polar surface area (TPSA) is 17.1 Å². The molecule has 0 fully saturated rings. The van der Waals surface area contributed by atoms with Crippen molar-refractivity contribution in [1.29, 1.82) is 0 Å². The zero-order valence-corrected chi connectivity index (χ0v) is 8.26. The van der Waals surface area contributed by atoms with Crippen molar-refractivity contribution in [3.05, 3.63) is 30.3 Å². The lowest BCUT2D eigenvalue weighted by molar-refractivity contribution is 0.591. The summed E-state index contributed by atoms with van der Waals surface area (Å²) in [5, 5.41) is 0.987. The lowest BCUT2D eigenvalue weighted by Gasteiger charge is -1.98. The Labute approximate surface area is 74.6 Å². The van der Waals surface area contributed by atoms with E-state index in [-0.39, 0.29) is 0 Å². The average Bonchev–Trinajstić information content (AvgIpc) is 2.15. The molecular formula is C10H14OP. The zero-order valence-electron chi connectivity index (χ0n) is 7.36. The van der Waals surface area contributed by atoms with Gasteiger partial charge in [0.25, 0.3) is 0 Å². The predicted octanol–water partition coefficient (Wildman–Crippen LogP) is 2.94. The first-order valence-electron chi connectivity index (χ1n) is 4.34. The molecule has 0 aliphatic heterocycles. The van der Waals surface area contributed by atoms with Crippen LogP contribution in [0.2, 0.25) is 0 Å². The Morgan fingerprint density at radius 3 is 2.50 bits per heavy atom. The van der Waals surface area contributed by atoms with Gasteiger partial charge in [-0.05, 0) is 18.6 Å². The summed E-state index contributed by atoms with van der Waals surface area (Å²) in [7, 11) is -1.13. The van der Waals surface area contributed by atoms with Crippen LogP contribution in [-0.2, 0) is 4.57 Å². The highest BCUT2D eigenvalue weighted by Gasteiger charge is 2.01. The summed E-state index contributed by atoms with van der Waals surface area (Å²) in [6, 6.07) is 9.71. The van der Waals surface area contributed by atoms with Gasteiger partial charge in [-0.15, -0.1) is 0 Å². The first kappa shape index (κ1) is 9.41. The molecule has 1 aromatic rings. The maximum absolute atomic E-state index is 11.6. The largest absolute Gasteiger partial charge is 0.282 e. The van der Waals surface area contributed by atoms with Crippen molar-refractivity contribution in [2.45, 2.75) is 19.8 Å². The number of hydrogen-bond acceptors (Lipinski definition) is 1. The summed E-state index contributed by atoms with van der Waals surface area (Å²) in [4.78, 5) is 0. The first-order valence-corrected chi connectivity index (χ1v) is 5.79. The molecule has 1 radical (unpaired) electrons. The number of unbranched alkanes of at least 4 members (excludes halogenated alkanes) is 1. The molecule has 65 valence electrons. The molecule has 0 heterocycles. The van der Waals surface area contributed by atoms with E-state index in [0.717, 1.165) is 24.3 Å². The Morgan fingerprint density at radius 2 is 1.92 bits per heavy atom. The standard InChI is InChI=1S/C10H14OP/c1-2-3-9-12(11)10-7-5-4-6-8-10/h4-8H,2-3,9H2,1H3. The lowest BCUT2D eigenvalue weighted by Crippen LogP contribution is -1.96. The molecule has 0 aromatic heterocycles. The molecule has 0 aliphatic carbocycles. The van der Waals surface area contributed by atoms with Gasteiger partial charge in [-0.1, -0.05) is 31.5 Å². The van der Waals surface area contributed by atoms with E-state index in [1.807, 2.05) is 30.3 Å². The fourth-order valence-electron chi connectivity index (χ4n) is 1.03. The van der Waals surface area contributed by atoms with E-state index in [9.17, 15) is 4.57 Å². The Morgan fingerprint density at radius 1 is 1.25 bits per heavy atom. The Balaban J connectivity index is 2.54. The second kappa shape index (κ2) is 5.05. The van der Waals surface area contributed by atoms with Crippen molar-refractivity contribution in [2.24, 2.45) is 0 Å². The van der Waals surface area contributed by atoms with Crippen LogP contribution in [0.5, 0.6) is 0 Å². The molecule has 0 spiro atoms. The molecular weight excluding hydrogens is 167 g/mol. The van der Waals surface area contributed by atoms with Crippen LogP contribution in [0.15, 0.2) is 30.3 Å². The third-order valence-corrected chi connectivity index (χ3v) is 3.36. The van der Waals surface area contributed by atoms with Crippen LogP contribution in [0.4, 0.5) is 0 Å². The van der Waals surface area contributed by atoms with Crippen LogP contribution in [-0.4, -0.2) is 6.16 Å². The van der Waals surface area contributed by atoms with Crippen LogP contribution < -0.4 is 5.30 Å². The molecule has 0 aliphatic rings. The van der Waals surface area contributed by atoms with Crippen molar-refractivity contribution < 1.29 is 4.57 Å². The third-order valence-electron chi connectivity index (χ3n) is 1.76. The molecule has 1 aromatic carbocycles. The van der Waals surface area contributed by atoms with Gasteiger partial charge >= 0.3 is 0 Å². The molecule has 1 rings (SSSR count). The minimum Gasteiger partial charge on any atom is -0.282 e. The number of hydrogen-bond donors (Lipinski definition) is 0. The van der Waals surface area contributed by atoms with Crippen molar-refractivity contribution in [2.75, 3.05) is 6.16 Å². The van der Waals surface area contributed by atoms with E-state index >= 15 is 0 Å². The Hall–Kier alpha value is -0.680. The van der Waals surface area contributed by atoms with Crippen LogP contribution in [0.3, 0.4) is 0 Å². The second-order valence-corrected chi connectivity index (χ2v) is 4.51. The number of benzene rings is 1. The van der Waals surface area contributed by atoms with E-state index in [1.165, 1.54) is 0 Å². The van der Waals surface area contributed by atoms with E-state index in [2.05, 4.69) is 6.92 Å². The minimum atomic E-state index is -1.13. The van der Waals surface area contributed by atoms with Crippen LogP contribution >= 0.6 is 7.80 Å². The molecule has 0 amide bonds. The van der Waals surface area contributed by atoms with Crippen molar-refractivity contribution in [3.8, 4) is 0 Å². The SMILES string of the molecule is CCCC[P](=O)c1ccccc1. The van der Waals surface area contributed by atoms with Gasteiger partial charge in [0.05, 0.1) is 0 Å². The Bertz CT molecular complexity index is 243. The molecule has 0 N–H and O–H groups in total. The van der Waals surface area contributed by atoms with E-state index in [0.29, 0.717) is 0 Å². The summed E-state index contributed by atoms with van der Waals surface area (Å²) in [5.41, 5.74) is 0. The van der Waals surface area contributed by atoms with Crippen LogP contribution in [0, 0.1) is 0 Å². The molecule has 0 bridgehead atoms.